The van der Waals surface area contributed by atoms with Crippen molar-refractivity contribution in [2.24, 2.45) is 0 Å². The summed E-state index contributed by atoms with van der Waals surface area (Å²) in [5.74, 6) is 1.63. The number of aromatic amines is 1. The highest BCUT2D eigenvalue weighted by molar-refractivity contribution is 5.63. The van der Waals surface area contributed by atoms with E-state index in [-0.39, 0.29) is 0 Å². The number of benzene rings is 1. The number of ether oxygens (including phenoxy) is 2. The Morgan fingerprint density at radius 3 is 2.81 bits per heavy atom. The maximum Gasteiger partial charge on any atom is 0.161 e. The molecule has 4 nitrogen and oxygen atoms in total. The topological polar surface area (TPSA) is 47.1 Å². The largest absolute Gasteiger partial charge is 0.490 e. The number of nitrogens with one attached hydrogen (secondary N) is 1. The fraction of sp³-hybridized carbons (Fsp3) is 0.250. The number of rotatable bonds is 1. The van der Waals surface area contributed by atoms with Crippen LogP contribution in [0.25, 0.3) is 11.3 Å². The monoisotopic (exact) mass is 216 g/mol. The van der Waals surface area contributed by atoms with Crippen molar-refractivity contribution >= 4 is 0 Å². The molecular weight excluding hydrogens is 204 g/mol. The first kappa shape index (κ1) is 9.27. The highest BCUT2D eigenvalue weighted by Gasteiger charge is 2.11. The number of imidazole rings is 1. The first-order valence-corrected chi connectivity index (χ1v) is 5.32. The zero-order valence-corrected chi connectivity index (χ0v) is 8.77. The molecule has 16 heavy (non-hydrogen) atoms. The van der Waals surface area contributed by atoms with Crippen molar-refractivity contribution in [3.8, 4) is 22.8 Å². The predicted molar refractivity (Wildman–Crippen MR) is 59.6 cm³/mol. The Labute approximate surface area is 93.2 Å². The first-order valence-electron chi connectivity index (χ1n) is 5.32. The molecule has 0 bridgehead atoms. The SMILES string of the molecule is c1ncc(-c2ccc3c(c2)OCCCO3)[nH]1. The Hall–Kier alpha value is -1.97. The molecule has 1 aliphatic rings. The normalized spacial score (nSPS) is 14.5. The van der Waals surface area contributed by atoms with E-state index in [9.17, 15) is 0 Å². The lowest BCUT2D eigenvalue weighted by atomic mass is 10.1. The van der Waals surface area contributed by atoms with Crippen LogP contribution in [0.5, 0.6) is 11.5 Å². The van der Waals surface area contributed by atoms with Crippen LogP contribution in [0, 0.1) is 0 Å². The minimum absolute atomic E-state index is 0.708. The highest BCUT2D eigenvalue weighted by atomic mass is 16.5. The fourth-order valence-electron chi connectivity index (χ4n) is 1.74. The molecule has 0 fully saturated rings. The number of nitrogens with zero attached hydrogens (tertiary/aromatic N) is 1. The quantitative estimate of drug-likeness (QED) is 0.795. The summed E-state index contributed by atoms with van der Waals surface area (Å²) in [7, 11) is 0. The molecule has 1 aliphatic heterocycles. The average Bonchev–Trinajstić information content (AvgIpc) is 2.74. The molecule has 0 amide bonds. The van der Waals surface area contributed by atoms with Gasteiger partial charge in [-0.25, -0.2) is 4.98 Å². The Bertz CT molecular complexity index is 480. The van der Waals surface area contributed by atoms with E-state index >= 15 is 0 Å². The predicted octanol–water partition coefficient (Wildman–Crippen LogP) is 2.24. The van der Waals surface area contributed by atoms with E-state index in [1.54, 1.807) is 12.5 Å². The van der Waals surface area contributed by atoms with E-state index in [2.05, 4.69) is 9.97 Å². The van der Waals surface area contributed by atoms with Gasteiger partial charge in [0.1, 0.15) is 0 Å². The van der Waals surface area contributed by atoms with Gasteiger partial charge in [-0.15, -0.1) is 0 Å². The molecule has 82 valence electrons. The van der Waals surface area contributed by atoms with Crippen LogP contribution in [0.1, 0.15) is 6.42 Å². The Balaban J connectivity index is 2.01. The van der Waals surface area contributed by atoms with E-state index in [1.807, 2.05) is 18.2 Å². The summed E-state index contributed by atoms with van der Waals surface area (Å²) in [4.78, 5) is 7.07. The van der Waals surface area contributed by atoms with E-state index in [0.29, 0.717) is 6.61 Å². The lowest BCUT2D eigenvalue weighted by molar-refractivity contribution is 0.297. The minimum Gasteiger partial charge on any atom is -0.490 e. The second-order valence-corrected chi connectivity index (χ2v) is 3.68. The number of aromatic nitrogens is 2. The van der Waals surface area contributed by atoms with Gasteiger partial charge in [0.15, 0.2) is 11.5 Å². The summed E-state index contributed by atoms with van der Waals surface area (Å²) in [5.41, 5.74) is 2.04. The lowest BCUT2D eigenvalue weighted by Gasteiger charge is -2.08. The summed E-state index contributed by atoms with van der Waals surface area (Å²) in [6.45, 7) is 1.43. The summed E-state index contributed by atoms with van der Waals surface area (Å²) in [6, 6.07) is 5.92. The maximum absolute atomic E-state index is 5.63. The smallest absolute Gasteiger partial charge is 0.161 e. The Morgan fingerprint density at radius 1 is 1.12 bits per heavy atom. The summed E-state index contributed by atoms with van der Waals surface area (Å²) in [6.07, 6.45) is 4.38. The molecule has 0 spiro atoms. The zero-order chi connectivity index (χ0) is 10.8. The van der Waals surface area contributed by atoms with Gasteiger partial charge in [0, 0.05) is 12.0 Å². The molecule has 2 aromatic rings. The molecule has 1 N–H and O–H groups in total. The third kappa shape index (κ3) is 1.62. The first-order chi connectivity index (χ1) is 7.93. The van der Waals surface area contributed by atoms with Gasteiger partial charge < -0.3 is 14.5 Å². The van der Waals surface area contributed by atoms with Crippen LogP contribution in [0.3, 0.4) is 0 Å². The number of H-pyrrole nitrogens is 1. The van der Waals surface area contributed by atoms with Gasteiger partial charge in [0.2, 0.25) is 0 Å². The molecule has 0 unspecified atom stereocenters. The fourth-order valence-corrected chi connectivity index (χ4v) is 1.74. The van der Waals surface area contributed by atoms with Crippen molar-refractivity contribution in [1.82, 2.24) is 9.97 Å². The van der Waals surface area contributed by atoms with Crippen molar-refractivity contribution in [3.63, 3.8) is 0 Å². The van der Waals surface area contributed by atoms with Crippen molar-refractivity contribution in [3.05, 3.63) is 30.7 Å². The molecular formula is C12H12N2O2. The highest BCUT2D eigenvalue weighted by Crippen LogP contribution is 2.33. The average molecular weight is 216 g/mol. The number of hydrogen-bond donors (Lipinski definition) is 1. The molecule has 3 rings (SSSR count). The molecule has 0 atom stereocenters. The van der Waals surface area contributed by atoms with Crippen molar-refractivity contribution in [1.29, 1.82) is 0 Å². The number of hydrogen-bond acceptors (Lipinski definition) is 3. The third-order valence-electron chi connectivity index (χ3n) is 2.56. The van der Waals surface area contributed by atoms with Gasteiger partial charge in [-0.2, -0.15) is 0 Å². The van der Waals surface area contributed by atoms with Gasteiger partial charge in [-0.3, -0.25) is 0 Å². The zero-order valence-electron chi connectivity index (χ0n) is 8.77. The summed E-state index contributed by atoms with van der Waals surface area (Å²) in [5, 5.41) is 0. The summed E-state index contributed by atoms with van der Waals surface area (Å²) >= 11 is 0. The second kappa shape index (κ2) is 3.89. The van der Waals surface area contributed by atoms with Gasteiger partial charge in [-0.1, -0.05) is 0 Å². The molecule has 0 radical (unpaired) electrons. The molecule has 0 saturated heterocycles. The van der Waals surface area contributed by atoms with Crippen LogP contribution in [0.4, 0.5) is 0 Å². The lowest BCUT2D eigenvalue weighted by Crippen LogP contribution is -1.97. The van der Waals surface area contributed by atoms with E-state index < -0.39 is 0 Å². The maximum atomic E-state index is 5.63. The molecule has 1 aromatic carbocycles. The number of fused-ring (bicyclic) bond motifs is 1. The van der Waals surface area contributed by atoms with E-state index in [4.69, 9.17) is 9.47 Å². The van der Waals surface area contributed by atoms with Crippen LogP contribution in [-0.2, 0) is 0 Å². The van der Waals surface area contributed by atoms with Gasteiger partial charge >= 0.3 is 0 Å². The molecule has 0 saturated carbocycles. The van der Waals surface area contributed by atoms with E-state index in [1.165, 1.54) is 0 Å². The van der Waals surface area contributed by atoms with Crippen LogP contribution in [0.2, 0.25) is 0 Å². The van der Waals surface area contributed by atoms with Crippen molar-refractivity contribution in [2.75, 3.05) is 13.2 Å². The van der Waals surface area contributed by atoms with Gasteiger partial charge in [0.05, 0.1) is 31.4 Å². The van der Waals surface area contributed by atoms with Crippen LogP contribution in [0.15, 0.2) is 30.7 Å². The molecule has 1 aromatic heterocycles. The van der Waals surface area contributed by atoms with Crippen LogP contribution < -0.4 is 9.47 Å². The Kier molecular flexibility index (Phi) is 2.25. The van der Waals surface area contributed by atoms with E-state index in [0.717, 1.165) is 35.8 Å². The Morgan fingerprint density at radius 2 is 2.00 bits per heavy atom. The van der Waals surface area contributed by atoms with Crippen LogP contribution >= 0.6 is 0 Å². The molecule has 4 heteroatoms. The van der Waals surface area contributed by atoms with Crippen molar-refractivity contribution < 1.29 is 9.47 Å². The molecule has 0 aliphatic carbocycles. The second-order valence-electron chi connectivity index (χ2n) is 3.68. The standard InChI is InChI=1S/C12H12N2O2/c1-4-15-11-3-2-9(6-12(11)16-5-1)10-7-13-8-14-10/h2-3,6-8H,1,4-5H2,(H,13,14). The minimum atomic E-state index is 0.708. The van der Waals surface area contributed by atoms with Crippen molar-refractivity contribution in [2.45, 2.75) is 6.42 Å². The van der Waals surface area contributed by atoms with Gasteiger partial charge in [-0.05, 0) is 18.2 Å². The summed E-state index contributed by atoms with van der Waals surface area (Å²) < 4.78 is 11.2. The third-order valence-corrected chi connectivity index (χ3v) is 2.56. The van der Waals surface area contributed by atoms with Gasteiger partial charge in [0.25, 0.3) is 0 Å². The molecule has 2 heterocycles. The van der Waals surface area contributed by atoms with Crippen LogP contribution in [-0.4, -0.2) is 23.2 Å².